The summed E-state index contributed by atoms with van der Waals surface area (Å²) in [5.41, 5.74) is 1.11. The number of methoxy groups -OCH3 is 1. The molecule has 0 saturated heterocycles. The van der Waals surface area contributed by atoms with Crippen LogP contribution in [0.1, 0.15) is 24.8 Å². The van der Waals surface area contributed by atoms with Gasteiger partial charge in [-0.2, -0.15) is 0 Å². The highest BCUT2D eigenvalue weighted by Crippen LogP contribution is 2.27. The number of amides is 1. The van der Waals surface area contributed by atoms with Crippen molar-refractivity contribution in [2.24, 2.45) is 5.92 Å². The first-order valence-electron chi connectivity index (χ1n) is 7.25. The lowest BCUT2D eigenvalue weighted by Crippen LogP contribution is -2.32. The highest BCUT2D eigenvalue weighted by atomic mass is 16.5. The van der Waals surface area contributed by atoms with Crippen molar-refractivity contribution in [3.05, 3.63) is 29.8 Å². The van der Waals surface area contributed by atoms with E-state index in [1.54, 1.807) is 7.11 Å². The molecule has 1 aromatic carbocycles. The predicted octanol–water partition coefficient (Wildman–Crippen LogP) is 1.70. The Morgan fingerprint density at radius 1 is 1.24 bits per heavy atom. The molecule has 2 rings (SSSR count). The van der Waals surface area contributed by atoms with Crippen molar-refractivity contribution in [2.75, 3.05) is 20.3 Å². The minimum absolute atomic E-state index is 0.0112. The zero-order valence-electron chi connectivity index (χ0n) is 12.3. The summed E-state index contributed by atoms with van der Waals surface area (Å²) in [5.74, 6) is 0.325. The van der Waals surface area contributed by atoms with Crippen LogP contribution in [0.4, 0.5) is 0 Å². The Morgan fingerprint density at radius 3 is 2.52 bits per heavy atom. The lowest BCUT2D eigenvalue weighted by atomic mass is 9.86. The smallest absolute Gasteiger partial charge is 0.309 e. The molecule has 5 nitrogen and oxygen atoms in total. The third kappa shape index (κ3) is 4.77. The van der Waals surface area contributed by atoms with E-state index in [4.69, 9.17) is 9.47 Å². The van der Waals surface area contributed by atoms with Crippen molar-refractivity contribution in [1.82, 2.24) is 5.32 Å². The Bertz CT molecular complexity index is 480. The van der Waals surface area contributed by atoms with E-state index in [-0.39, 0.29) is 24.4 Å². The van der Waals surface area contributed by atoms with Crippen molar-refractivity contribution < 1.29 is 19.1 Å². The fourth-order valence-corrected chi connectivity index (χ4v) is 2.09. The molecular weight excluding hydrogens is 270 g/mol. The molecule has 0 unspecified atom stereocenters. The van der Waals surface area contributed by atoms with Crippen LogP contribution in [0.2, 0.25) is 0 Å². The summed E-state index contributed by atoms with van der Waals surface area (Å²) in [5, 5.41) is 2.74. The van der Waals surface area contributed by atoms with Gasteiger partial charge in [0.15, 0.2) is 6.61 Å². The second kappa shape index (κ2) is 7.67. The third-order valence-electron chi connectivity index (χ3n) is 3.68. The highest BCUT2D eigenvalue weighted by Gasteiger charge is 2.26. The number of carbonyl (C=O) groups is 2. The molecule has 1 amide bonds. The predicted molar refractivity (Wildman–Crippen MR) is 78.0 cm³/mol. The molecule has 0 bridgehead atoms. The number of rotatable bonds is 7. The van der Waals surface area contributed by atoms with Gasteiger partial charge in [-0.1, -0.05) is 18.6 Å². The molecule has 0 spiro atoms. The van der Waals surface area contributed by atoms with Crippen LogP contribution in [0.25, 0.3) is 0 Å². The van der Waals surface area contributed by atoms with Crippen LogP contribution < -0.4 is 10.1 Å². The topological polar surface area (TPSA) is 64.6 Å². The van der Waals surface area contributed by atoms with Gasteiger partial charge in [0.25, 0.3) is 5.91 Å². The molecule has 114 valence electrons. The number of benzene rings is 1. The van der Waals surface area contributed by atoms with E-state index in [1.165, 1.54) is 0 Å². The van der Waals surface area contributed by atoms with Gasteiger partial charge in [0.2, 0.25) is 0 Å². The third-order valence-corrected chi connectivity index (χ3v) is 3.68. The summed E-state index contributed by atoms with van der Waals surface area (Å²) in [7, 11) is 1.63. The normalized spacial score (nSPS) is 14.1. The Labute approximate surface area is 124 Å². The van der Waals surface area contributed by atoms with E-state index >= 15 is 0 Å². The van der Waals surface area contributed by atoms with Crippen molar-refractivity contribution >= 4 is 11.9 Å². The molecule has 1 N–H and O–H groups in total. The lowest BCUT2D eigenvalue weighted by molar-refractivity contribution is -0.155. The molecule has 1 aromatic rings. The van der Waals surface area contributed by atoms with Gasteiger partial charge in [0.05, 0.1) is 13.0 Å². The number of carbonyl (C=O) groups excluding carboxylic acids is 2. The molecule has 1 aliphatic rings. The van der Waals surface area contributed by atoms with Crippen LogP contribution >= 0.6 is 0 Å². The van der Waals surface area contributed by atoms with E-state index in [9.17, 15) is 9.59 Å². The Hall–Kier alpha value is -2.04. The van der Waals surface area contributed by atoms with E-state index in [1.807, 2.05) is 24.3 Å². The van der Waals surface area contributed by atoms with Crippen LogP contribution in [0.15, 0.2) is 24.3 Å². The van der Waals surface area contributed by atoms with E-state index in [0.29, 0.717) is 6.54 Å². The molecule has 5 heteroatoms. The van der Waals surface area contributed by atoms with Gasteiger partial charge in [-0.3, -0.25) is 9.59 Å². The maximum absolute atomic E-state index is 11.6. The molecule has 1 aliphatic carbocycles. The summed E-state index contributed by atoms with van der Waals surface area (Å²) < 4.78 is 10.1. The molecule has 0 atom stereocenters. The quantitative estimate of drug-likeness (QED) is 0.777. The Morgan fingerprint density at radius 2 is 1.95 bits per heavy atom. The van der Waals surface area contributed by atoms with Gasteiger partial charge in [0.1, 0.15) is 5.75 Å². The highest BCUT2D eigenvalue weighted by molar-refractivity contribution is 5.81. The molecule has 21 heavy (non-hydrogen) atoms. The SMILES string of the molecule is COc1ccc(CCNC(=O)COC(=O)C2CCC2)cc1. The summed E-state index contributed by atoms with van der Waals surface area (Å²) in [6.45, 7) is 0.337. The summed E-state index contributed by atoms with van der Waals surface area (Å²) >= 11 is 0. The maximum atomic E-state index is 11.6. The molecule has 1 fully saturated rings. The lowest BCUT2D eigenvalue weighted by Gasteiger charge is -2.22. The summed E-state index contributed by atoms with van der Waals surface area (Å²) in [6.07, 6.45) is 3.58. The molecule has 0 radical (unpaired) electrons. The van der Waals surface area contributed by atoms with E-state index in [2.05, 4.69) is 5.32 Å². The van der Waals surface area contributed by atoms with Crippen LogP contribution in [0, 0.1) is 5.92 Å². The number of esters is 1. The van der Waals surface area contributed by atoms with Gasteiger partial charge in [-0.25, -0.2) is 0 Å². The molecule has 1 saturated carbocycles. The first-order valence-corrected chi connectivity index (χ1v) is 7.25. The summed E-state index contributed by atoms with van der Waals surface area (Å²) in [6, 6.07) is 7.69. The van der Waals surface area contributed by atoms with Crippen molar-refractivity contribution in [1.29, 1.82) is 0 Å². The molecule has 0 heterocycles. The zero-order valence-corrected chi connectivity index (χ0v) is 12.3. The van der Waals surface area contributed by atoms with Crippen LogP contribution in [0.5, 0.6) is 5.75 Å². The van der Waals surface area contributed by atoms with E-state index < -0.39 is 0 Å². The summed E-state index contributed by atoms with van der Waals surface area (Å²) in [4.78, 5) is 23.0. The van der Waals surface area contributed by atoms with Crippen molar-refractivity contribution in [2.45, 2.75) is 25.7 Å². The van der Waals surface area contributed by atoms with E-state index in [0.717, 1.165) is 37.0 Å². The monoisotopic (exact) mass is 291 g/mol. The number of hydrogen-bond donors (Lipinski definition) is 1. The second-order valence-electron chi connectivity index (χ2n) is 5.18. The fraction of sp³-hybridized carbons (Fsp3) is 0.500. The maximum Gasteiger partial charge on any atom is 0.309 e. The van der Waals surface area contributed by atoms with Crippen molar-refractivity contribution in [3.63, 3.8) is 0 Å². The zero-order chi connectivity index (χ0) is 15.1. The van der Waals surface area contributed by atoms with Gasteiger partial charge in [0, 0.05) is 6.54 Å². The van der Waals surface area contributed by atoms with Gasteiger partial charge in [-0.15, -0.1) is 0 Å². The number of ether oxygens (including phenoxy) is 2. The number of nitrogens with one attached hydrogen (secondary N) is 1. The van der Waals surface area contributed by atoms with Gasteiger partial charge < -0.3 is 14.8 Å². The standard InChI is InChI=1S/C16H21NO4/c1-20-14-7-5-12(6-8-14)9-10-17-15(18)11-21-16(19)13-3-2-4-13/h5-8,13H,2-4,9-11H2,1H3,(H,17,18). The number of hydrogen-bond acceptors (Lipinski definition) is 4. The Balaban J connectivity index is 1.60. The molecule has 0 aliphatic heterocycles. The van der Waals surface area contributed by atoms with Crippen molar-refractivity contribution in [3.8, 4) is 5.75 Å². The molecular formula is C16H21NO4. The average Bonchev–Trinajstić information content (AvgIpc) is 2.44. The first-order chi connectivity index (χ1) is 10.2. The minimum Gasteiger partial charge on any atom is -0.497 e. The second-order valence-corrected chi connectivity index (χ2v) is 5.18. The van der Waals surface area contributed by atoms with Crippen LogP contribution in [0.3, 0.4) is 0 Å². The van der Waals surface area contributed by atoms with Crippen LogP contribution in [-0.2, 0) is 20.7 Å². The largest absolute Gasteiger partial charge is 0.497 e. The van der Waals surface area contributed by atoms with Gasteiger partial charge >= 0.3 is 5.97 Å². The minimum atomic E-state index is -0.254. The fourth-order valence-electron chi connectivity index (χ4n) is 2.09. The van der Waals surface area contributed by atoms with Gasteiger partial charge in [-0.05, 0) is 37.0 Å². The first kappa shape index (κ1) is 15.4. The average molecular weight is 291 g/mol. The van der Waals surface area contributed by atoms with Crippen LogP contribution in [-0.4, -0.2) is 32.1 Å². The molecule has 0 aromatic heterocycles. The Kier molecular flexibility index (Phi) is 5.60.